The van der Waals surface area contributed by atoms with E-state index in [2.05, 4.69) is 257 Å². The van der Waals surface area contributed by atoms with Gasteiger partial charge >= 0.3 is 0 Å². The fourth-order valence-corrected chi connectivity index (χ4v) is 12.8. The first kappa shape index (κ1) is 39.6. The van der Waals surface area contributed by atoms with E-state index in [1.165, 1.54) is 117 Å². The molecule has 10 aromatic rings. The van der Waals surface area contributed by atoms with Crippen LogP contribution in [0.5, 0.6) is 0 Å². The molecule has 0 nitrogen and oxygen atoms in total. The maximum absolute atomic E-state index is 2.52. The van der Waals surface area contributed by atoms with Crippen LogP contribution in [0, 0.1) is 0 Å². The van der Waals surface area contributed by atoms with Crippen molar-refractivity contribution in [3.63, 3.8) is 0 Å². The molecule has 0 N–H and O–H groups in total. The second-order valence-corrected chi connectivity index (χ2v) is 19.5. The molecule has 0 unspecified atom stereocenters. The molecular formula is C67H50. The summed E-state index contributed by atoms with van der Waals surface area (Å²) in [6, 6.07) is 89.4. The number of hydrogen-bond acceptors (Lipinski definition) is 0. The Labute approximate surface area is 394 Å². The molecule has 13 rings (SSSR count). The van der Waals surface area contributed by atoms with E-state index in [1.54, 1.807) is 0 Å². The predicted molar refractivity (Wildman–Crippen MR) is 280 cm³/mol. The molecular weight excluding hydrogens is 805 g/mol. The third-order valence-electron chi connectivity index (χ3n) is 15.8. The van der Waals surface area contributed by atoms with Gasteiger partial charge in [-0.05, 0) is 129 Å². The highest BCUT2D eigenvalue weighted by atomic mass is 14.5. The molecule has 0 amide bonds. The highest BCUT2D eigenvalue weighted by Crippen LogP contribution is 2.62. The first-order valence-electron chi connectivity index (χ1n) is 23.9. The van der Waals surface area contributed by atoms with Gasteiger partial charge in [-0.2, -0.15) is 0 Å². The van der Waals surface area contributed by atoms with Gasteiger partial charge in [-0.3, -0.25) is 0 Å². The van der Waals surface area contributed by atoms with Crippen molar-refractivity contribution in [3.05, 3.63) is 287 Å². The number of rotatable bonds is 6. The summed E-state index contributed by atoms with van der Waals surface area (Å²) >= 11 is 0. The maximum atomic E-state index is 2.52. The zero-order chi connectivity index (χ0) is 44.9. The number of hydrogen-bond donors (Lipinski definition) is 0. The number of benzene rings is 10. The Kier molecular flexibility index (Phi) is 8.93. The molecule has 0 saturated heterocycles. The van der Waals surface area contributed by atoms with Gasteiger partial charge in [0.1, 0.15) is 0 Å². The minimum absolute atomic E-state index is 0.125. The number of fused-ring (bicyclic) bond motifs is 15. The van der Waals surface area contributed by atoms with E-state index >= 15 is 0 Å². The van der Waals surface area contributed by atoms with E-state index in [0.29, 0.717) is 0 Å². The molecule has 0 fully saturated rings. The molecule has 0 heterocycles. The van der Waals surface area contributed by atoms with Crippen LogP contribution in [0.4, 0.5) is 0 Å². The molecule has 0 saturated carbocycles. The highest BCUT2D eigenvalue weighted by molar-refractivity contribution is 5.98. The molecule has 0 bridgehead atoms. The second kappa shape index (κ2) is 15.1. The highest BCUT2D eigenvalue weighted by Gasteiger charge is 2.50. The average molecular weight is 855 g/mol. The Balaban J connectivity index is 0.942. The van der Waals surface area contributed by atoms with Crippen LogP contribution in [0.15, 0.2) is 237 Å². The minimum Gasteiger partial charge on any atom is -0.0622 e. The molecule has 0 radical (unpaired) electrons. The van der Waals surface area contributed by atoms with E-state index < -0.39 is 5.41 Å². The van der Waals surface area contributed by atoms with Gasteiger partial charge < -0.3 is 0 Å². The molecule has 1 spiro atoms. The van der Waals surface area contributed by atoms with Crippen LogP contribution >= 0.6 is 0 Å². The lowest BCUT2D eigenvalue weighted by atomic mass is 9.65. The molecule has 67 heavy (non-hydrogen) atoms. The fraction of sp³-hybridized carbons (Fsp3) is 0.104. The van der Waals surface area contributed by atoms with Crippen molar-refractivity contribution in [1.82, 2.24) is 0 Å². The van der Waals surface area contributed by atoms with Gasteiger partial charge in [0.2, 0.25) is 0 Å². The standard InChI is InChI=1S/C67H50/c1-43(64(48-38-36-46(37-39-48)45-18-5-4-6-19-45)58-27-17-26-57-55-25-9-13-28-59(55)66(2,3)65(57)58)44-32-34-47(35-33-44)49-40-41-56-54-24-12-16-31-62(54)67(63(56)42-49)60-29-14-10-22-52(60)50-20-7-8-21-51(50)53-23-11-15-30-61(53)67/h4-43,64H,1-3H3/t43-,64-/m1/s1. The van der Waals surface area contributed by atoms with Crippen LogP contribution in [-0.2, 0) is 10.8 Å². The van der Waals surface area contributed by atoms with E-state index in [1.807, 2.05) is 0 Å². The van der Waals surface area contributed by atoms with Gasteiger partial charge in [0.25, 0.3) is 0 Å². The Morgan fingerprint density at radius 2 is 0.701 bits per heavy atom. The van der Waals surface area contributed by atoms with Crippen LogP contribution < -0.4 is 0 Å². The van der Waals surface area contributed by atoms with Crippen LogP contribution in [0.25, 0.3) is 66.8 Å². The van der Waals surface area contributed by atoms with Gasteiger partial charge in [0.15, 0.2) is 0 Å². The average Bonchev–Trinajstić information content (AvgIpc) is 3.77. The van der Waals surface area contributed by atoms with Gasteiger partial charge in [-0.1, -0.05) is 251 Å². The van der Waals surface area contributed by atoms with E-state index in [9.17, 15) is 0 Å². The van der Waals surface area contributed by atoms with Crippen molar-refractivity contribution in [2.75, 3.05) is 0 Å². The van der Waals surface area contributed by atoms with Crippen LogP contribution in [0.1, 0.15) is 82.7 Å². The lowest BCUT2D eigenvalue weighted by Gasteiger charge is -2.35. The lowest BCUT2D eigenvalue weighted by molar-refractivity contribution is 0.609. The third kappa shape index (κ3) is 5.79. The van der Waals surface area contributed by atoms with E-state index in [0.717, 1.165) is 0 Å². The molecule has 318 valence electrons. The summed E-state index contributed by atoms with van der Waals surface area (Å²) in [5, 5.41) is 0. The molecule has 3 aliphatic rings. The van der Waals surface area contributed by atoms with Crippen molar-refractivity contribution >= 4 is 0 Å². The maximum Gasteiger partial charge on any atom is 0.0725 e. The molecule has 0 heteroatoms. The monoisotopic (exact) mass is 854 g/mol. The second-order valence-electron chi connectivity index (χ2n) is 19.5. The fourth-order valence-electron chi connectivity index (χ4n) is 12.8. The van der Waals surface area contributed by atoms with Crippen molar-refractivity contribution < 1.29 is 0 Å². The zero-order valence-corrected chi connectivity index (χ0v) is 38.2. The first-order chi connectivity index (χ1) is 32.9. The Bertz CT molecular complexity index is 3480. The smallest absolute Gasteiger partial charge is 0.0622 e. The topological polar surface area (TPSA) is 0 Å². The summed E-state index contributed by atoms with van der Waals surface area (Å²) in [5.41, 5.74) is 27.1. The Hall–Kier alpha value is -7.80. The largest absolute Gasteiger partial charge is 0.0725 e. The van der Waals surface area contributed by atoms with Crippen LogP contribution in [0.3, 0.4) is 0 Å². The van der Waals surface area contributed by atoms with E-state index in [-0.39, 0.29) is 17.3 Å². The minimum atomic E-state index is -0.505. The van der Waals surface area contributed by atoms with Gasteiger partial charge in [-0.15, -0.1) is 0 Å². The summed E-state index contributed by atoms with van der Waals surface area (Å²) in [7, 11) is 0. The summed E-state index contributed by atoms with van der Waals surface area (Å²) < 4.78 is 0. The van der Waals surface area contributed by atoms with Crippen LogP contribution in [0.2, 0.25) is 0 Å². The zero-order valence-electron chi connectivity index (χ0n) is 38.2. The molecule has 0 aliphatic heterocycles. The van der Waals surface area contributed by atoms with E-state index in [4.69, 9.17) is 0 Å². The Morgan fingerprint density at radius 3 is 1.28 bits per heavy atom. The van der Waals surface area contributed by atoms with Gasteiger partial charge in [0, 0.05) is 11.3 Å². The predicted octanol–water partition coefficient (Wildman–Crippen LogP) is 17.3. The summed E-state index contributed by atoms with van der Waals surface area (Å²) in [5.74, 6) is 0.332. The summed E-state index contributed by atoms with van der Waals surface area (Å²) in [6.45, 7) is 7.27. The third-order valence-corrected chi connectivity index (χ3v) is 15.8. The normalized spacial score (nSPS) is 14.9. The molecule has 0 aromatic heterocycles. The van der Waals surface area contributed by atoms with Gasteiger partial charge in [0.05, 0.1) is 5.41 Å². The quantitative estimate of drug-likeness (QED) is 0.156. The van der Waals surface area contributed by atoms with Crippen molar-refractivity contribution in [3.8, 4) is 66.8 Å². The van der Waals surface area contributed by atoms with Crippen molar-refractivity contribution in [2.24, 2.45) is 0 Å². The van der Waals surface area contributed by atoms with Gasteiger partial charge in [-0.25, -0.2) is 0 Å². The van der Waals surface area contributed by atoms with Crippen molar-refractivity contribution in [1.29, 1.82) is 0 Å². The van der Waals surface area contributed by atoms with Crippen molar-refractivity contribution in [2.45, 2.75) is 43.4 Å². The SMILES string of the molecule is C[C@H](c1ccc(-c2ccc3c(c2)C2(c4ccccc4-c4ccccc4-c4ccccc42)c2ccccc2-3)cc1)[C@H](c1ccc(-c2ccccc2)cc1)c1cccc2c1C(C)(C)c1ccccc1-2. The summed E-state index contributed by atoms with van der Waals surface area (Å²) in [6.07, 6.45) is 0. The molecule has 3 aliphatic carbocycles. The van der Waals surface area contributed by atoms with Crippen LogP contribution in [-0.4, -0.2) is 0 Å². The molecule has 2 atom stereocenters. The first-order valence-corrected chi connectivity index (χ1v) is 23.9. The lowest BCUT2D eigenvalue weighted by Crippen LogP contribution is -2.29. The summed E-state index contributed by atoms with van der Waals surface area (Å²) in [4.78, 5) is 0. The molecule has 10 aromatic carbocycles. The Morgan fingerprint density at radius 1 is 0.299 bits per heavy atom.